The summed E-state index contributed by atoms with van der Waals surface area (Å²) in [4.78, 5) is 11.9. The SMILES string of the molecule is COc1cccc(CC(=O)NC(C)(C)/C(N)=N/O)c1. The van der Waals surface area contributed by atoms with Crippen molar-refractivity contribution in [2.24, 2.45) is 10.9 Å². The van der Waals surface area contributed by atoms with Gasteiger partial charge in [0.1, 0.15) is 5.75 Å². The van der Waals surface area contributed by atoms with E-state index in [-0.39, 0.29) is 18.2 Å². The molecule has 1 aromatic carbocycles. The highest BCUT2D eigenvalue weighted by molar-refractivity contribution is 5.93. The molecule has 0 bridgehead atoms. The molecule has 0 saturated carbocycles. The fourth-order valence-electron chi connectivity index (χ4n) is 1.55. The molecule has 1 amide bonds. The van der Waals surface area contributed by atoms with E-state index in [1.54, 1.807) is 27.0 Å². The van der Waals surface area contributed by atoms with Gasteiger partial charge in [0.2, 0.25) is 5.91 Å². The van der Waals surface area contributed by atoms with E-state index in [1.165, 1.54) is 0 Å². The molecule has 6 nitrogen and oxygen atoms in total. The number of nitrogens with two attached hydrogens (primary N) is 1. The Bertz CT molecular complexity index is 484. The zero-order chi connectivity index (χ0) is 14.5. The number of benzene rings is 1. The van der Waals surface area contributed by atoms with Crippen LogP contribution in [0.25, 0.3) is 0 Å². The Balaban J connectivity index is 2.70. The van der Waals surface area contributed by atoms with Crippen molar-refractivity contribution < 1.29 is 14.7 Å². The van der Waals surface area contributed by atoms with Gasteiger partial charge in [-0.2, -0.15) is 0 Å². The summed E-state index contributed by atoms with van der Waals surface area (Å²) in [6, 6.07) is 7.24. The predicted molar refractivity (Wildman–Crippen MR) is 72.3 cm³/mol. The fraction of sp³-hybridized carbons (Fsp3) is 0.385. The van der Waals surface area contributed by atoms with Gasteiger partial charge < -0.3 is 21.0 Å². The van der Waals surface area contributed by atoms with E-state index in [2.05, 4.69) is 10.5 Å². The molecule has 104 valence electrons. The molecule has 6 heteroatoms. The van der Waals surface area contributed by atoms with Gasteiger partial charge in [0.15, 0.2) is 5.84 Å². The topological polar surface area (TPSA) is 96.9 Å². The zero-order valence-corrected chi connectivity index (χ0v) is 11.3. The largest absolute Gasteiger partial charge is 0.497 e. The number of amidine groups is 1. The van der Waals surface area contributed by atoms with Crippen LogP contribution in [0.3, 0.4) is 0 Å². The van der Waals surface area contributed by atoms with E-state index in [4.69, 9.17) is 15.7 Å². The van der Waals surface area contributed by atoms with E-state index in [0.29, 0.717) is 5.75 Å². The second kappa shape index (κ2) is 6.08. The standard InChI is InChI=1S/C13H19N3O3/c1-13(2,12(14)16-18)15-11(17)8-9-5-4-6-10(7-9)19-3/h4-7,18H,8H2,1-3H3,(H2,14,16)(H,15,17). The zero-order valence-electron chi connectivity index (χ0n) is 11.3. The van der Waals surface area contributed by atoms with Gasteiger partial charge in [-0.15, -0.1) is 0 Å². The molecule has 4 N–H and O–H groups in total. The molecule has 0 atom stereocenters. The molecule has 0 unspecified atom stereocenters. The van der Waals surface area contributed by atoms with Gasteiger partial charge in [0.05, 0.1) is 19.1 Å². The van der Waals surface area contributed by atoms with Crippen LogP contribution in [-0.2, 0) is 11.2 Å². The van der Waals surface area contributed by atoms with Gasteiger partial charge in [-0.25, -0.2) is 0 Å². The highest BCUT2D eigenvalue weighted by Crippen LogP contribution is 2.13. The van der Waals surface area contributed by atoms with E-state index in [0.717, 1.165) is 5.56 Å². The van der Waals surface area contributed by atoms with Gasteiger partial charge in [-0.05, 0) is 31.5 Å². The van der Waals surface area contributed by atoms with Crippen LogP contribution in [0.2, 0.25) is 0 Å². The lowest BCUT2D eigenvalue weighted by Crippen LogP contribution is -2.53. The van der Waals surface area contributed by atoms with Crippen molar-refractivity contribution in [3.8, 4) is 5.75 Å². The lowest BCUT2D eigenvalue weighted by Gasteiger charge is -2.24. The number of carbonyl (C=O) groups is 1. The fourth-order valence-corrected chi connectivity index (χ4v) is 1.55. The molecular formula is C13H19N3O3. The number of methoxy groups -OCH3 is 1. The minimum Gasteiger partial charge on any atom is -0.497 e. The Hall–Kier alpha value is -2.24. The van der Waals surface area contributed by atoms with Crippen LogP contribution in [0, 0.1) is 0 Å². The number of rotatable bonds is 5. The third-order valence-electron chi connectivity index (χ3n) is 2.70. The number of oxime groups is 1. The first-order valence-electron chi connectivity index (χ1n) is 5.81. The number of carbonyl (C=O) groups excluding carboxylic acids is 1. The van der Waals surface area contributed by atoms with Gasteiger partial charge in [0.25, 0.3) is 0 Å². The minimum atomic E-state index is -0.898. The van der Waals surface area contributed by atoms with Gasteiger partial charge in [-0.3, -0.25) is 4.79 Å². The molecular weight excluding hydrogens is 246 g/mol. The Morgan fingerprint density at radius 1 is 1.53 bits per heavy atom. The molecule has 1 rings (SSSR count). The van der Waals surface area contributed by atoms with E-state index in [1.807, 2.05) is 18.2 Å². The van der Waals surface area contributed by atoms with Crippen molar-refractivity contribution in [2.75, 3.05) is 7.11 Å². The molecule has 19 heavy (non-hydrogen) atoms. The summed E-state index contributed by atoms with van der Waals surface area (Å²) in [5.41, 5.74) is 5.43. The second-order valence-electron chi connectivity index (χ2n) is 4.69. The van der Waals surface area contributed by atoms with E-state index >= 15 is 0 Å². The summed E-state index contributed by atoms with van der Waals surface area (Å²) >= 11 is 0. The molecule has 0 saturated heterocycles. The molecule has 0 aliphatic heterocycles. The third-order valence-corrected chi connectivity index (χ3v) is 2.70. The van der Waals surface area contributed by atoms with Crippen LogP contribution in [0.15, 0.2) is 29.4 Å². The number of nitrogens with zero attached hydrogens (tertiary/aromatic N) is 1. The van der Waals surface area contributed by atoms with Gasteiger partial charge in [-0.1, -0.05) is 17.3 Å². The Morgan fingerprint density at radius 3 is 2.79 bits per heavy atom. The average Bonchev–Trinajstić information content (AvgIpc) is 2.37. The lowest BCUT2D eigenvalue weighted by atomic mass is 10.0. The maximum absolute atomic E-state index is 11.9. The van der Waals surface area contributed by atoms with Crippen molar-refractivity contribution in [2.45, 2.75) is 25.8 Å². The first-order valence-corrected chi connectivity index (χ1v) is 5.81. The first-order chi connectivity index (χ1) is 8.89. The highest BCUT2D eigenvalue weighted by atomic mass is 16.5. The molecule has 0 aromatic heterocycles. The molecule has 0 radical (unpaired) electrons. The van der Waals surface area contributed by atoms with Crippen molar-refractivity contribution in [3.05, 3.63) is 29.8 Å². The molecule has 1 aromatic rings. The number of hydrogen-bond donors (Lipinski definition) is 3. The maximum Gasteiger partial charge on any atom is 0.225 e. The van der Waals surface area contributed by atoms with Gasteiger partial charge >= 0.3 is 0 Å². The Morgan fingerprint density at radius 2 is 2.21 bits per heavy atom. The van der Waals surface area contributed by atoms with Crippen LogP contribution in [0.5, 0.6) is 5.75 Å². The molecule has 0 aliphatic carbocycles. The Labute approximate surface area is 112 Å². The van der Waals surface area contributed by atoms with Crippen LogP contribution in [-0.4, -0.2) is 29.6 Å². The van der Waals surface area contributed by atoms with Crippen LogP contribution >= 0.6 is 0 Å². The number of hydrogen-bond acceptors (Lipinski definition) is 4. The van der Waals surface area contributed by atoms with E-state index < -0.39 is 5.54 Å². The number of amides is 1. The second-order valence-corrected chi connectivity index (χ2v) is 4.69. The summed E-state index contributed by atoms with van der Waals surface area (Å²) in [6.45, 7) is 3.32. The quantitative estimate of drug-likeness (QED) is 0.318. The highest BCUT2D eigenvalue weighted by Gasteiger charge is 2.25. The van der Waals surface area contributed by atoms with Crippen LogP contribution in [0.1, 0.15) is 19.4 Å². The van der Waals surface area contributed by atoms with Crippen molar-refractivity contribution in [1.29, 1.82) is 0 Å². The van der Waals surface area contributed by atoms with Crippen molar-refractivity contribution in [1.82, 2.24) is 5.32 Å². The minimum absolute atomic E-state index is 0.0495. The third kappa shape index (κ3) is 4.17. The van der Waals surface area contributed by atoms with Crippen molar-refractivity contribution in [3.63, 3.8) is 0 Å². The average molecular weight is 265 g/mol. The molecule has 0 fully saturated rings. The van der Waals surface area contributed by atoms with Crippen molar-refractivity contribution >= 4 is 11.7 Å². The smallest absolute Gasteiger partial charge is 0.225 e. The summed E-state index contributed by atoms with van der Waals surface area (Å²) < 4.78 is 5.09. The normalized spacial score (nSPS) is 12.1. The maximum atomic E-state index is 11.9. The monoisotopic (exact) mass is 265 g/mol. The Kier molecular flexibility index (Phi) is 4.74. The summed E-state index contributed by atoms with van der Waals surface area (Å²) in [6.07, 6.45) is 0.194. The van der Waals surface area contributed by atoms with Gasteiger partial charge in [0, 0.05) is 0 Å². The number of ether oxygens (including phenoxy) is 1. The van der Waals surface area contributed by atoms with E-state index in [9.17, 15) is 4.79 Å². The number of nitrogens with one attached hydrogen (secondary N) is 1. The lowest BCUT2D eigenvalue weighted by molar-refractivity contribution is -0.121. The first kappa shape index (κ1) is 14.8. The summed E-state index contributed by atoms with van der Waals surface area (Å²) in [5.74, 6) is 0.428. The van der Waals surface area contributed by atoms with Crippen LogP contribution < -0.4 is 15.8 Å². The molecule has 0 heterocycles. The molecule has 0 spiro atoms. The summed E-state index contributed by atoms with van der Waals surface area (Å²) in [5, 5.41) is 14.2. The summed E-state index contributed by atoms with van der Waals surface area (Å²) in [7, 11) is 1.57. The molecule has 0 aliphatic rings. The predicted octanol–water partition coefficient (Wildman–Crippen LogP) is 0.879. The van der Waals surface area contributed by atoms with Crippen LogP contribution in [0.4, 0.5) is 0 Å².